The highest BCUT2D eigenvalue weighted by atomic mass is 16.6. The molecule has 0 saturated heterocycles. The largest absolute Gasteiger partial charge is 0.473 e. The van der Waals surface area contributed by atoms with Gasteiger partial charge in [-0.2, -0.15) is 4.98 Å². The maximum Gasteiger partial charge on any atom is 0.331 e. The van der Waals surface area contributed by atoms with E-state index in [-0.39, 0.29) is 11.6 Å². The summed E-state index contributed by atoms with van der Waals surface area (Å²) in [7, 11) is 0. The third-order valence-electron chi connectivity index (χ3n) is 1.84. The highest BCUT2D eigenvalue weighted by molar-refractivity contribution is 5.48. The molecule has 0 spiro atoms. The smallest absolute Gasteiger partial charge is 0.331 e. The Morgan fingerprint density at radius 1 is 1.50 bits per heavy atom. The maximum atomic E-state index is 10.7. The molecule has 88 valence electrons. The first kappa shape index (κ1) is 12.2. The molecule has 6 nitrogen and oxygen atoms in total. The molecule has 0 radical (unpaired) electrons. The lowest BCUT2D eigenvalue weighted by atomic mass is 10.4. The zero-order valence-corrected chi connectivity index (χ0v) is 9.40. The number of anilines is 1. The number of ether oxygens (including phenoxy) is 1. The number of pyridine rings is 1. The quantitative estimate of drug-likeness (QED) is 0.593. The second-order valence-corrected chi connectivity index (χ2v) is 3.16. The van der Waals surface area contributed by atoms with Crippen molar-refractivity contribution in [3.8, 4) is 5.88 Å². The van der Waals surface area contributed by atoms with Crippen molar-refractivity contribution < 1.29 is 9.66 Å². The molecule has 0 aromatic carbocycles. The SMILES string of the molecule is CCCOc1nc(NCC)ccc1[N+](=O)[O-]. The first-order valence-electron chi connectivity index (χ1n) is 5.21. The highest BCUT2D eigenvalue weighted by Gasteiger charge is 2.17. The van der Waals surface area contributed by atoms with E-state index in [0.717, 1.165) is 6.42 Å². The normalized spacial score (nSPS) is 9.88. The van der Waals surface area contributed by atoms with Crippen LogP contribution in [0.2, 0.25) is 0 Å². The summed E-state index contributed by atoms with van der Waals surface area (Å²) in [5.41, 5.74) is -0.102. The van der Waals surface area contributed by atoms with E-state index in [9.17, 15) is 10.1 Å². The Morgan fingerprint density at radius 2 is 2.25 bits per heavy atom. The van der Waals surface area contributed by atoms with Crippen molar-refractivity contribution in [2.24, 2.45) is 0 Å². The molecule has 1 aromatic heterocycles. The number of nitrogens with one attached hydrogen (secondary N) is 1. The van der Waals surface area contributed by atoms with Gasteiger partial charge in [-0.05, 0) is 19.4 Å². The zero-order chi connectivity index (χ0) is 12.0. The molecule has 0 fully saturated rings. The van der Waals surface area contributed by atoms with Crippen LogP contribution in [-0.2, 0) is 0 Å². The number of hydrogen-bond donors (Lipinski definition) is 1. The third kappa shape index (κ3) is 3.08. The van der Waals surface area contributed by atoms with Crippen LogP contribution in [0.4, 0.5) is 11.5 Å². The molecule has 0 atom stereocenters. The van der Waals surface area contributed by atoms with Gasteiger partial charge in [-0.15, -0.1) is 0 Å². The van der Waals surface area contributed by atoms with Crippen LogP contribution < -0.4 is 10.1 Å². The third-order valence-corrected chi connectivity index (χ3v) is 1.84. The molecule has 0 saturated carbocycles. The fraction of sp³-hybridized carbons (Fsp3) is 0.500. The van der Waals surface area contributed by atoms with Gasteiger partial charge in [0.15, 0.2) is 0 Å². The van der Waals surface area contributed by atoms with Crippen LogP contribution >= 0.6 is 0 Å². The average molecular weight is 225 g/mol. The number of rotatable bonds is 6. The number of aromatic nitrogens is 1. The molecule has 1 N–H and O–H groups in total. The Morgan fingerprint density at radius 3 is 2.81 bits per heavy atom. The van der Waals surface area contributed by atoms with Gasteiger partial charge in [0.05, 0.1) is 11.5 Å². The van der Waals surface area contributed by atoms with E-state index < -0.39 is 4.92 Å². The van der Waals surface area contributed by atoms with E-state index in [1.54, 1.807) is 6.07 Å². The second kappa shape index (κ2) is 5.89. The van der Waals surface area contributed by atoms with Crippen molar-refractivity contribution in [3.05, 3.63) is 22.2 Å². The van der Waals surface area contributed by atoms with Crippen LogP contribution in [0.3, 0.4) is 0 Å². The van der Waals surface area contributed by atoms with Gasteiger partial charge in [0.1, 0.15) is 5.82 Å². The lowest BCUT2D eigenvalue weighted by Crippen LogP contribution is -2.05. The van der Waals surface area contributed by atoms with Gasteiger partial charge >= 0.3 is 5.69 Å². The highest BCUT2D eigenvalue weighted by Crippen LogP contribution is 2.26. The maximum absolute atomic E-state index is 10.7. The average Bonchev–Trinajstić information content (AvgIpc) is 2.26. The fourth-order valence-corrected chi connectivity index (χ4v) is 1.16. The van der Waals surface area contributed by atoms with Crippen molar-refractivity contribution in [1.82, 2.24) is 4.98 Å². The minimum atomic E-state index is -0.492. The van der Waals surface area contributed by atoms with E-state index in [1.807, 2.05) is 13.8 Å². The molecule has 0 aliphatic rings. The molecule has 0 amide bonds. The van der Waals surface area contributed by atoms with E-state index in [2.05, 4.69) is 10.3 Å². The van der Waals surface area contributed by atoms with Gasteiger partial charge in [-0.25, -0.2) is 0 Å². The van der Waals surface area contributed by atoms with E-state index in [1.165, 1.54) is 6.07 Å². The summed E-state index contributed by atoms with van der Waals surface area (Å²) >= 11 is 0. The second-order valence-electron chi connectivity index (χ2n) is 3.16. The number of nitro groups is 1. The minimum absolute atomic E-state index is 0.0744. The van der Waals surface area contributed by atoms with Crippen molar-refractivity contribution in [2.75, 3.05) is 18.5 Å². The van der Waals surface area contributed by atoms with Crippen molar-refractivity contribution >= 4 is 11.5 Å². The Balaban J connectivity index is 2.95. The van der Waals surface area contributed by atoms with Gasteiger partial charge in [-0.3, -0.25) is 10.1 Å². The summed E-state index contributed by atoms with van der Waals surface area (Å²) in [4.78, 5) is 14.3. The first-order chi connectivity index (χ1) is 7.69. The summed E-state index contributed by atoms with van der Waals surface area (Å²) < 4.78 is 5.24. The molecule has 0 bridgehead atoms. The summed E-state index contributed by atoms with van der Waals surface area (Å²) in [6, 6.07) is 2.97. The number of nitrogens with zero attached hydrogens (tertiary/aromatic N) is 2. The lowest BCUT2D eigenvalue weighted by Gasteiger charge is -2.07. The van der Waals surface area contributed by atoms with E-state index in [0.29, 0.717) is 19.0 Å². The molecule has 1 heterocycles. The van der Waals surface area contributed by atoms with Gasteiger partial charge in [0.2, 0.25) is 0 Å². The lowest BCUT2D eigenvalue weighted by molar-refractivity contribution is -0.386. The van der Waals surface area contributed by atoms with Crippen LogP contribution in [-0.4, -0.2) is 23.1 Å². The summed E-state index contributed by atoms with van der Waals surface area (Å²) in [6.45, 7) is 4.98. The minimum Gasteiger partial charge on any atom is -0.473 e. The first-order valence-corrected chi connectivity index (χ1v) is 5.21. The summed E-state index contributed by atoms with van der Waals surface area (Å²) in [5, 5.41) is 13.7. The standard InChI is InChI=1S/C10H15N3O3/c1-3-7-16-10-8(13(14)15)5-6-9(12-10)11-4-2/h5-6H,3-4,7H2,1-2H3,(H,11,12). The van der Waals surface area contributed by atoms with Crippen LogP contribution in [0, 0.1) is 10.1 Å². The van der Waals surface area contributed by atoms with E-state index in [4.69, 9.17) is 4.74 Å². The summed E-state index contributed by atoms with van der Waals surface area (Å²) in [6.07, 6.45) is 0.782. The predicted molar refractivity (Wildman–Crippen MR) is 60.8 cm³/mol. The van der Waals surface area contributed by atoms with Gasteiger partial charge in [0, 0.05) is 12.6 Å². The van der Waals surface area contributed by atoms with Crippen molar-refractivity contribution in [3.63, 3.8) is 0 Å². The molecule has 1 rings (SSSR count). The zero-order valence-electron chi connectivity index (χ0n) is 9.40. The topological polar surface area (TPSA) is 77.3 Å². The summed E-state index contributed by atoms with van der Waals surface area (Å²) in [5.74, 6) is 0.657. The van der Waals surface area contributed by atoms with Crippen LogP contribution in [0.25, 0.3) is 0 Å². The molecule has 1 aromatic rings. The molecular formula is C10H15N3O3. The Hall–Kier alpha value is -1.85. The van der Waals surface area contributed by atoms with Crippen LogP contribution in [0.1, 0.15) is 20.3 Å². The Labute approximate surface area is 93.8 Å². The molecule has 6 heteroatoms. The fourth-order valence-electron chi connectivity index (χ4n) is 1.16. The van der Waals surface area contributed by atoms with Crippen LogP contribution in [0.5, 0.6) is 5.88 Å². The van der Waals surface area contributed by atoms with Gasteiger partial charge in [0.25, 0.3) is 5.88 Å². The monoisotopic (exact) mass is 225 g/mol. The Bertz CT molecular complexity index is 368. The van der Waals surface area contributed by atoms with Gasteiger partial charge in [-0.1, -0.05) is 6.92 Å². The molecular weight excluding hydrogens is 210 g/mol. The van der Waals surface area contributed by atoms with Gasteiger partial charge < -0.3 is 10.1 Å². The molecule has 16 heavy (non-hydrogen) atoms. The van der Waals surface area contributed by atoms with Crippen LogP contribution in [0.15, 0.2) is 12.1 Å². The molecule has 0 aliphatic carbocycles. The molecule has 0 aliphatic heterocycles. The number of hydrogen-bond acceptors (Lipinski definition) is 5. The van der Waals surface area contributed by atoms with E-state index >= 15 is 0 Å². The van der Waals surface area contributed by atoms with Crippen molar-refractivity contribution in [1.29, 1.82) is 0 Å². The molecule has 0 unspecified atom stereocenters. The Kier molecular flexibility index (Phi) is 4.50. The predicted octanol–water partition coefficient (Wildman–Crippen LogP) is 2.21. The van der Waals surface area contributed by atoms with Crippen molar-refractivity contribution in [2.45, 2.75) is 20.3 Å².